The van der Waals surface area contributed by atoms with E-state index in [1.165, 1.54) is 0 Å². The molecule has 2 aliphatic rings. The molecule has 3 aromatic heterocycles. The van der Waals surface area contributed by atoms with Gasteiger partial charge in [-0.3, -0.25) is 14.5 Å². The van der Waals surface area contributed by atoms with Crippen LogP contribution in [-0.2, 0) is 6.54 Å². The number of carbonyl (C=O) groups is 2. The maximum atomic E-state index is 14.4. The summed E-state index contributed by atoms with van der Waals surface area (Å²) in [7, 11) is 0. The lowest BCUT2D eigenvalue weighted by atomic mass is 9.91. The third-order valence-electron chi connectivity index (χ3n) is 9.88. The van der Waals surface area contributed by atoms with Crippen LogP contribution in [0.25, 0.3) is 16.8 Å². The summed E-state index contributed by atoms with van der Waals surface area (Å²) in [5, 5.41) is 20.6. The lowest BCUT2D eigenvalue weighted by Gasteiger charge is -2.36. The molecule has 2 amide bonds. The number of rotatable bonds is 9. The average Bonchev–Trinajstić information content (AvgIpc) is 3.57. The number of halogens is 1. The summed E-state index contributed by atoms with van der Waals surface area (Å²) in [4.78, 5) is 37.3. The third-order valence-corrected chi connectivity index (χ3v) is 9.88. The number of piperazine rings is 1. The summed E-state index contributed by atoms with van der Waals surface area (Å²) < 4.78 is 22.4. The first kappa shape index (κ1) is 35.1. The summed E-state index contributed by atoms with van der Waals surface area (Å²) >= 11 is 0. The first-order valence-corrected chi connectivity index (χ1v) is 17.9. The van der Waals surface area contributed by atoms with E-state index in [4.69, 9.17) is 4.74 Å². The molecule has 0 unspecified atom stereocenters. The van der Waals surface area contributed by atoms with Crippen molar-refractivity contribution in [2.75, 3.05) is 13.1 Å². The Balaban J connectivity index is 0.966. The summed E-state index contributed by atoms with van der Waals surface area (Å²) in [6, 6.07) is 20.3. The Morgan fingerprint density at radius 1 is 0.923 bits per heavy atom. The van der Waals surface area contributed by atoms with E-state index in [0.29, 0.717) is 55.8 Å². The van der Waals surface area contributed by atoms with Crippen molar-refractivity contribution in [3.63, 3.8) is 0 Å². The Kier molecular flexibility index (Phi) is 10.2. The van der Waals surface area contributed by atoms with E-state index in [1.54, 1.807) is 24.4 Å². The van der Waals surface area contributed by atoms with E-state index in [0.717, 1.165) is 53.4 Å². The largest absolute Gasteiger partial charge is 0.508 e. The molecular weight excluding hydrogens is 661 g/mol. The molecule has 2 aromatic carbocycles. The minimum absolute atomic E-state index is 0.0125. The van der Waals surface area contributed by atoms with Crippen molar-refractivity contribution in [3.05, 3.63) is 107 Å². The number of aryl methyl sites for hydroxylation is 1. The fraction of sp³-hybridized carbons (Fsp3) is 0.350. The van der Waals surface area contributed by atoms with Crippen molar-refractivity contribution in [1.82, 2.24) is 35.2 Å². The maximum Gasteiger partial charge on any atom is 0.271 e. The van der Waals surface area contributed by atoms with Gasteiger partial charge >= 0.3 is 0 Å². The maximum absolute atomic E-state index is 14.4. The Morgan fingerprint density at radius 3 is 2.33 bits per heavy atom. The number of hydrogen-bond donors (Lipinski definition) is 4. The predicted molar refractivity (Wildman–Crippen MR) is 196 cm³/mol. The predicted octanol–water partition coefficient (Wildman–Crippen LogP) is 5.99. The molecule has 12 heteroatoms. The van der Waals surface area contributed by atoms with Crippen LogP contribution < -0.4 is 20.7 Å². The number of phenolic OH excluding ortho intramolecular Hbond substituents is 1. The number of phenols is 1. The van der Waals surface area contributed by atoms with E-state index in [2.05, 4.69) is 44.7 Å². The molecule has 7 rings (SSSR count). The molecule has 2 fully saturated rings. The Hall–Kier alpha value is -5.33. The minimum Gasteiger partial charge on any atom is -0.508 e. The van der Waals surface area contributed by atoms with Crippen LogP contribution in [0.1, 0.15) is 71.6 Å². The second-order valence-corrected chi connectivity index (χ2v) is 14.2. The van der Waals surface area contributed by atoms with Crippen LogP contribution in [0.5, 0.6) is 17.4 Å². The van der Waals surface area contributed by atoms with Crippen LogP contribution in [0.4, 0.5) is 4.39 Å². The summed E-state index contributed by atoms with van der Waals surface area (Å²) in [6.45, 7) is 8.78. The standard InChI is InChI=1S/C40H44FN7O4/c1-24-20-47(21-25(2)43-24)22-29-11-10-28(17-36(29)49)27-7-5-8-33(16-27)52-40-34(18-30(41)19-42-40)38(50)44-31-12-14-32(15-13-31)45-39(51)35-23-48-26(3)6-4-9-37(48)46-35/h4-11,16-19,23-25,31-32,43,49H,12-15,20-22H2,1-3H3,(H,44,50)(H,45,51)/t24-,25+,31-,32-. The van der Waals surface area contributed by atoms with Gasteiger partial charge in [0.15, 0.2) is 0 Å². The molecule has 5 aromatic rings. The highest BCUT2D eigenvalue weighted by Crippen LogP contribution is 2.32. The molecule has 0 spiro atoms. The molecule has 1 aliphatic heterocycles. The molecule has 4 heterocycles. The molecule has 52 heavy (non-hydrogen) atoms. The second kappa shape index (κ2) is 15.1. The van der Waals surface area contributed by atoms with Gasteiger partial charge in [0.2, 0.25) is 5.88 Å². The van der Waals surface area contributed by atoms with Crippen LogP contribution in [-0.4, -0.2) is 73.4 Å². The van der Waals surface area contributed by atoms with Crippen molar-refractivity contribution in [2.45, 2.75) is 77.2 Å². The van der Waals surface area contributed by atoms with E-state index >= 15 is 0 Å². The number of fused-ring (bicyclic) bond motifs is 1. The number of aromatic nitrogens is 3. The zero-order chi connectivity index (χ0) is 36.4. The number of pyridine rings is 2. The summed E-state index contributed by atoms with van der Waals surface area (Å²) in [6.07, 6.45) is 5.39. The number of hydrogen-bond acceptors (Lipinski definition) is 8. The van der Waals surface area contributed by atoms with E-state index in [1.807, 2.05) is 53.8 Å². The number of aromatic hydroxyl groups is 1. The van der Waals surface area contributed by atoms with Gasteiger partial charge in [0, 0.05) is 61.3 Å². The highest BCUT2D eigenvalue weighted by Gasteiger charge is 2.27. The van der Waals surface area contributed by atoms with Crippen molar-refractivity contribution in [3.8, 4) is 28.5 Å². The minimum atomic E-state index is -0.653. The smallest absolute Gasteiger partial charge is 0.271 e. The van der Waals surface area contributed by atoms with E-state index in [9.17, 15) is 19.1 Å². The first-order valence-electron chi connectivity index (χ1n) is 17.9. The number of nitrogens with one attached hydrogen (secondary N) is 3. The van der Waals surface area contributed by atoms with Gasteiger partial charge in [0.25, 0.3) is 11.8 Å². The van der Waals surface area contributed by atoms with Gasteiger partial charge in [0.1, 0.15) is 34.2 Å². The van der Waals surface area contributed by atoms with E-state index < -0.39 is 11.7 Å². The lowest BCUT2D eigenvalue weighted by molar-refractivity contribution is 0.0888. The lowest BCUT2D eigenvalue weighted by Crippen LogP contribution is -2.53. The normalized spacial score (nSPS) is 20.8. The molecule has 0 radical (unpaired) electrons. The van der Waals surface area contributed by atoms with Crippen molar-refractivity contribution < 1.29 is 23.8 Å². The average molecular weight is 706 g/mol. The quantitative estimate of drug-likeness (QED) is 0.147. The SMILES string of the molecule is Cc1cccc2nc(C(=O)N[C@H]3CC[C@H](NC(=O)c4cc(F)cnc4Oc4cccc(-c5ccc(CN6C[C@@H](C)N[C@@H](C)C6)c(O)c5)c4)CC3)cn12. The molecule has 2 atom stereocenters. The number of ether oxygens (including phenoxy) is 1. The van der Waals surface area contributed by atoms with Crippen LogP contribution in [0, 0.1) is 12.7 Å². The molecule has 1 saturated carbocycles. The monoisotopic (exact) mass is 705 g/mol. The van der Waals surface area contributed by atoms with Crippen LogP contribution in [0.15, 0.2) is 79.1 Å². The van der Waals surface area contributed by atoms with Crippen LogP contribution in [0.3, 0.4) is 0 Å². The number of nitrogens with zero attached hydrogens (tertiary/aromatic N) is 4. The van der Waals surface area contributed by atoms with Crippen molar-refractivity contribution in [2.24, 2.45) is 0 Å². The second-order valence-electron chi connectivity index (χ2n) is 14.2. The van der Waals surface area contributed by atoms with Crippen LogP contribution >= 0.6 is 0 Å². The molecular formula is C40H44FN7O4. The summed E-state index contributed by atoms with van der Waals surface area (Å²) in [5.74, 6) is -0.747. The fourth-order valence-electron chi connectivity index (χ4n) is 7.37. The van der Waals surface area contributed by atoms with Gasteiger partial charge in [-0.25, -0.2) is 14.4 Å². The molecule has 0 bridgehead atoms. The van der Waals surface area contributed by atoms with Crippen molar-refractivity contribution >= 4 is 17.5 Å². The topological polar surface area (TPSA) is 133 Å². The number of imidazole rings is 1. The fourth-order valence-corrected chi connectivity index (χ4v) is 7.37. The number of benzene rings is 2. The van der Waals surface area contributed by atoms with Gasteiger partial charge in [-0.1, -0.05) is 30.3 Å². The third kappa shape index (κ3) is 8.08. The molecule has 11 nitrogen and oxygen atoms in total. The highest BCUT2D eigenvalue weighted by molar-refractivity contribution is 5.96. The molecule has 1 aliphatic carbocycles. The Labute approximate surface area is 302 Å². The van der Waals surface area contributed by atoms with Crippen LogP contribution in [0.2, 0.25) is 0 Å². The first-order chi connectivity index (χ1) is 25.1. The summed E-state index contributed by atoms with van der Waals surface area (Å²) in [5.41, 5.74) is 4.53. The highest BCUT2D eigenvalue weighted by atomic mass is 19.1. The van der Waals surface area contributed by atoms with Crippen molar-refractivity contribution in [1.29, 1.82) is 0 Å². The van der Waals surface area contributed by atoms with E-state index in [-0.39, 0.29) is 35.2 Å². The van der Waals surface area contributed by atoms with Gasteiger partial charge in [0.05, 0.1) is 6.20 Å². The zero-order valence-electron chi connectivity index (χ0n) is 29.6. The van der Waals surface area contributed by atoms with Gasteiger partial charge in [-0.05, 0) is 94.0 Å². The van der Waals surface area contributed by atoms with Gasteiger partial charge in [-0.15, -0.1) is 0 Å². The molecule has 1 saturated heterocycles. The Bertz CT molecular complexity index is 2080. The van der Waals surface area contributed by atoms with Gasteiger partial charge in [-0.2, -0.15) is 0 Å². The molecule has 270 valence electrons. The molecule has 4 N–H and O–H groups in total. The van der Waals surface area contributed by atoms with Gasteiger partial charge < -0.3 is 30.2 Å². The number of amides is 2. The zero-order valence-corrected chi connectivity index (χ0v) is 29.6. The Morgan fingerprint density at radius 2 is 1.62 bits per heavy atom. The number of carbonyl (C=O) groups excluding carboxylic acids is 2.